The maximum atomic E-state index is 11.2. The van der Waals surface area contributed by atoms with Crippen molar-refractivity contribution >= 4 is 29.7 Å². The van der Waals surface area contributed by atoms with Crippen LogP contribution in [0.3, 0.4) is 0 Å². The van der Waals surface area contributed by atoms with Gasteiger partial charge in [-0.1, -0.05) is 23.7 Å². The van der Waals surface area contributed by atoms with Crippen LogP contribution in [0.5, 0.6) is 0 Å². The molecule has 0 saturated heterocycles. The molecule has 5 heteroatoms. The summed E-state index contributed by atoms with van der Waals surface area (Å²) in [6, 6.07) is 6.27. The Morgan fingerprint density at radius 2 is 2.14 bits per heavy atom. The summed E-state index contributed by atoms with van der Waals surface area (Å²) in [5.41, 5.74) is 0.480. The lowest BCUT2D eigenvalue weighted by atomic mass is 10.3. The molecule has 0 spiro atoms. The van der Waals surface area contributed by atoms with Crippen LogP contribution in [0.2, 0.25) is 5.02 Å². The fraction of sp³-hybridized carbons (Fsp3) is 0.111. The minimum atomic E-state index is -0.520. The number of nitrogens with one attached hydrogen (secondary N) is 1. The molecular formula is C9H9ClN2O2. The lowest BCUT2D eigenvalue weighted by Crippen LogP contribution is -2.29. The van der Waals surface area contributed by atoms with Crippen molar-refractivity contribution in [1.29, 1.82) is 0 Å². The Labute approximate surface area is 86.5 Å². The summed E-state index contributed by atoms with van der Waals surface area (Å²) in [5, 5.41) is 2.92. The van der Waals surface area contributed by atoms with Crippen molar-refractivity contribution in [2.75, 3.05) is 12.4 Å². The lowest BCUT2D eigenvalue weighted by molar-refractivity contribution is -0.114. The Balaban J connectivity index is 2.74. The van der Waals surface area contributed by atoms with Gasteiger partial charge in [-0.25, -0.2) is 4.79 Å². The molecule has 1 aromatic rings. The Hall–Kier alpha value is -1.55. The third-order valence-corrected chi connectivity index (χ3v) is 1.92. The van der Waals surface area contributed by atoms with E-state index in [1.807, 2.05) is 0 Å². The van der Waals surface area contributed by atoms with Crippen molar-refractivity contribution in [2.45, 2.75) is 0 Å². The van der Waals surface area contributed by atoms with Crippen molar-refractivity contribution < 1.29 is 9.59 Å². The van der Waals surface area contributed by atoms with E-state index in [-0.39, 0.29) is 0 Å². The highest BCUT2D eigenvalue weighted by Crippen LogP contribution is 2.20. The van der Waals surface area contributed by atoms with Crippen LogP contribution in [0.15, 0.2) is 24.3 Å². The monoisotopic (exact) mass is 212 g/mol. The first-order valence-corrected chi connectivity index (χ1v) is 4.26. The summed E-state index contributed by atoms with van der Waals surface area (Å²) in [6.45, 7) is 0. The van der Waals surface area contributed by atoms with E-state index in [0.717, 1.165) is 4.90 Å². The third-order valence-electron chi connectivity index (χ3n) is 1.59. The van der Waals surface area contributed by atoms with Gasteiger partial charge < -0.3 is 5.32 Å². The molecule has 0 aliphatic rings. The van der Waals surface area contributed by atoms with E-state index in [1.54, 1.807) is 24.3 Å². The van der Waals surface area contributed by atoms with Gasteiger partial charge in [0, 0.05) is 7.05 Å². The number of nitrogens with zero attached hydrogens (tertiary/aromatic N) is 1. The SMILES string of the molecule is CN(C=O)C(=O)Nc1ccccc1Cl. The number of carbonyl (C=O) groups excluding carboxylic acids is 2. The number of urea groups is 1. The van der Waals surface area contributed by atoms with Crippen molar-refractivity contribution in [3.63, 3.8) is 0 Å². The number of hydrogen-bond acceptors (Lipinski definition) is 2. The summed E-state index contributed by atoms with van der Waals surface area (Å²) < 4.78 is 0. The van der Waals surface area contributed by atoms with Crippen molar-refractivity contribution in [1.82, 2.24) is 4.90 Å². The van der Waals surface area contributed by atoms with Crippen LogP contribution < -0.4 is 5.32 Å². The van der Waals surface area contributed by atoms with Gasteiger partial charge in [0.2, 0.25) is 6.41 Å². The Bertz CT molecular complexity index is 354. The van der Waals surface area contributed by atoms with Crippen molar-refractivity contribution in [3.05, 3.63) is 29.3 Å². The van der Waals surface area contributed by atoms with Gasteiger partial charge in [-0.3, -0.25) is 9.69 Å². The van der Waals surface area contributed by atoms with Gasteiger partial charge >= 0.3 is 6.03 Å². The van der Waals surface area contributed by atoms with E-state index >= 15 is 0 Å². The van der Waals surface area contributed by atoms with E-state index in [0.29, 0.717) is 17.1 Å². The van der Waals surface area contributed by atoms with Crippen LogP contribution in [0.4, 0.5) is 10.5 Å². The van der Waals surface area contributed by atoms with Gasteiger partial charge in [-0.15, -0.1) is 0 Å². The molecule has 74 valence electrons. The lowest BCUT2D eigenvalue weighted by Gasteiger charge is -2.11. The second-order valence-corrected chi connectivity index (χ2v) is 3.03. The first kappa shape index (κ1) is 10.5. The van der Waals surface area contributed by atoms with E-state index in [2.05, 4.69) is 5.32 Å². The smallest absolute Gasteiger partial charge is 0.306 e. The molecule has 14 heavy (non-hydrogen) atoms. The van der Waals surface area contributed by atoms with Crippen molar-refractivity contribution in [2.24, 2.45) is 0 Å². The Kier molecular flexibility index (Phi) is 3.48. The van der Waals surface area contributed by atoms with E-state index in [1.165, 1.54) is 7.05 Å². The maximum Gasteiger partial charge on any atom is 0.328 e. The second-order valence-electron chi connectivity index (χ2n) is 2.63. The van der Waals surface area contributed by atoms with Crippen LogP contribution in [0.1, 0.15) is 0 Å². The molecule has 0 unspecified atom stereocenters. The minimum Gasteiger partial charge on any atom is -0.306 e. The average molecular weight is 213 g/mol. The van der Waals surface area contributed by atoms with Crippen LogP contribution in [0.25, 0.3) is 0 Å². The largest absolute Gasteiger partial charge is 0.328 e. The summed E-state index contributed by atoms with van der Waals surface area (Å²) in [4.78, 5) is 22.4. The first-order chi connectivity index (χ1) is 6.65. The van der Waals surface area contributed by atoms with Gasteiger partial charge in [0.15, 0.2) is 0 Å². The van der Waals surface area contributed by atoms with E-state index < -0.39 is 6.03 Å². The zero-order valence-corrected chi connectivity index (χ0v) is 8.28. The van der Waals surface area contributed by atoms with Gasteiger partial charge in [0.25, 0.3) is 0 Å². The molecule has 0 heterocycles. The number of rotatable bonds is 2. The quantitative estimate of drug-likeness (QED) is 0.762. The summed E-state index contributed by atoms with van der Waals surface area (Å²) >= 11 is 5.79. The van der Waals surface area contributed by atoms with Crippen LogP contribution in [0, 0.1) is 0 Å². The topological polar surface area (TPSA) is 49.4 Å². The Morgan fingerprint density at radius 1 is 1.50 bits per heavy atom. The van der Waals surface area contributed by atoms with Crippen LogP contribution in [-0.4, -0.2) is 24.4 Å². The highest BCUT2D eigenvalue weighted by molar-refractivity contribution is 6.33. The number of imide groups is 1. The average Bonchev–Trinajstić information content (AvgIpc) is 2.20. The highest BCUT2D eigenvalue weighted by atomic mass is 35.5. The zero-order chi connectivity index (χ0) is 10.6. The number of para-hydroxylation sites is 1. The molecular weight excluding hydrogens is 204 g/mol. The number of hydrogen-bond donors (Lipinski definition) is 1. The maximum absolute atomic E-state index is 11.2. The number of benzene rings is 1. The fourth-order valence-corrected chi connectivity index (χ4v) is 0.997. The van der Waals surface area contributed by atoms with E-state index in [4.69, 9.17) is 11.6 Å². The number of halogens is 1. The molecule has 0 aliphatic carbocycles. The zero-order valence-electron chi connectivity index (χ0n) is 7.53. The molecule has 0 radical (unpaired) electrons. The normalized spacial score (nSPS) is 9.29. The van der Waals surface area contributed by atoms with Gasteiger partial charge in [-0.05, 0) is 12.1 Å². The predicted molar refractivity (Wildman–Crippen MR) is 54.3 cm³/mol. The standard InChI is InChI=1S/C9H9ClN2O2/c1-12(6-13)9(14)11-8-5-3-2-4-7(8)10/h2-6H,1H3,(H,11,14). The van der Waals surface area contributed by atoms with E-state index in [9.17, 15) is 9.59 Å². The molecule has 1 N–H and O–H groups in total. The Morgan fingerprint density at radius 3 is 2.71 bits per heavy atom. The summed E-state index contributed by atoms with van der Waals surface area (Å²) in [5.74, 6) is 0. The molecule has 0 aromatic heterocycles. The molecule has 0 bridgehead atoms. The second kappa shape index (κ2) is 4.62. The van der Waals surface area contributed by atoms with Gasteiger partial charge in [-0.2, -0.15) is 0 Å². The molecule has 0 aliphatic heterocycles. The molecule has 1 aromatic carbocycles. The molecule has 1 rings (SSSR count). The minimum absolute atomic E-state index is 0.423. The molecule has 0 atom stereocenters. The highest BCUT2D eigenvalue weighted by Gasteiger charge is 2.08. The summed E-state index contributed by atoms with van der Waals surface area (Å²) in [6.07, 6.45) is 0.423. The fourth-order valence-electron chi connectivity index (χ4n) is 0.814. The van der Waals surface area contributed by atoms with Gasteiger partial charge in [0.1, 0.15) is 0 Å². The first-order valence-electron chi connectivity index (χ1n) is 3.89. The van der Waals surface area contributed by atoms with Crippen molar-refractivity contribution in [3.8, 4) is 0 Å². The molecule has 0 fully saturated rings. The molecule has 0 saturated carbocycles. The van der Waals surface area contributed by atoms with Crippen LogP contribution in [-0.2, 0) is 4.79 Å². The predicted octanol–water partition coefficient (Wildman–Crippen LogP) is 1.96. The number of anilines is 1. The number of amides is 3. The van der Waals surface area contributed by atoms with Crippen LogP contribution >= 0.6 is 11.6 Å². The van der Waals surface area contributed by atoms with Gasteiger partial charge in [0.05, 0.1) is 10.7 Å². The third kappa shape index (κ3) is 2.47. The summed E-state index contributed by atoms with van der Waals surface area (Å²) in [7, 11) is 1.36. The number of carbonyl (C=O) groups is 2. The molecule has 3 amide bonds. The molecule has 4 nitrogen and oxygen atoms in total.